The SMILES string of the molecule is CNC(=O)c1ccc(CN(C)C(=O)c2cccc(S(=O)(=O)N3CCN(C)CC3)c2)cc1. The molecule has 0 aromatic heterocycles. The zero-order chi connectivity index (χ0) is 22.6. The predicted molar refractivity (Wildman–Crippen MR) is 118 cm³/mol. The summed E-state index contributed by atoms with van der Waals surface area (Å²) in [6.45, 7) is 2.56. The largest absolute Gasteiger partial charge is 0.355 e. The van der Waals surface area contributed by atoms with Gasteiger partial charge in [0.15, 0.2) is 0 Å². The Morgan fingerprint density at radius 2 is 1.65 bits per heavy atom. The summed E-state index contributed by atoms with van der Waals surface area (Å²) in [7, 11) is 1.55. The summed E-state index contributed by atoms with van der Waals surface area (Å²) in [6.07, 6.45) is 0. The number of nitrogens with one attached hydrogen (secondary N) is 1. The van der Waals surface area contributed by atoms with Crippen LogP contribution in [0.4, 0.5) is 0 Å². The Labute approximate surface area is 183 Å². The molecule has 1 heterocycles. The van der Waals surface area contributed by atoms with Gasteiger partial charge in [-0.25, -0.2) is 8.42 Å². The van der Waals surface area contributed by atoms with E-state index in [1.807, 2.05) is 7.05 Å². The van der Waals surface area contributed by atoms with Crippen LogP contribution in [-0.2, 0) is 16.6 Å². The van der Waals surface area contributed by atoms with E-state index in [9.17, 15) is 18.0 Å². The average molecular weight is 445 g/mol. The number of likely N-dealkylation sites (N-methyl/N-ethyl adjacent to an activating group) is 1. The molecule has 0 saturated carbocycles. The van der Waals surface area contributed by atoms with E-state index in [4.69, 9.17) is 0 Å². The zero-order valence-electron chi connectivity index (χ0n) is 18.0. The number of nitrogens with zero attached hydrogens (tertiary/aromatic N) is 3. The third-order valence-electron chi connectivity index (χ3n) is 5.39. The fourth-order valence-corrected chi connectivity index (χ4v) is 4.91. The summed E-state index contributed by atoms with van der Waals surface area (Å²) in [5, 5.41) is 2.57. The van der Waals surface area contributed by atoms with Gasteiger partial charge in [0.25, 0.3) is 11.8 Å². The Hall–Kier alpha value is -2.75. The van der Waals surface area contributed by atoms with E-state index in [1.165, 1.54) is 21.3 Å². The highest BCUT2D eigenvalue weighted by molar-refractivity contribution is 7.89. The van der Waals surface area contributed by atoms with Gasteiger partial charge in [0.05, 0.1) is 4.90 Å². The molecule has 1 N–H and O–H groups in total. The number of hydrogen-bond acceptors (Lipinski definition) is 5. The van der Waals surface area contributed by atoms with Crippen LogP contribution in [0.15, 0.2) is 53.4 Å². The minimum absolute atomic E-state index is 0.131. The number of benzene rings is 2. The van der Waals surface area contributed by atoms with Gasteiger partial charge in [-0.2, -0.15) is 4.31 Å². The van der Waals surface area contributed by atoms with Crippen molar-refractivity contribution < 1.29 is 18.0 Å². The summed E-state index contributed by atoms with van der Waals surface area (Å²) < 4.78 is 27.4. The van der Waals surface area contributed by atoms with Crippen LogP contribution in [0.1, 0.15) is 26.3 Å². The molecule has 0 spiro atoms. The van der Waals surface area contributed by atoms with Crippen LogP contribution in [0.3, 0.4) is 0 Å². The molecule has 2 aromatic rings. The van der Waals surface area contributed by atoms with Gasteiger partial charge in [-0.15, -0.1) is 0 Å². The lowest BCUT2D eigenvalue weighted by molar-refractivity contribution is 0.0784. The van der Waals surface area contributed by atoms with Gasteiger partial charge in [-0.05, 0) is 42.9 Å². The number of sulfonamides is 1. The number of carbonyl (C=O) groups is 2. The maximum absolute atomic E-state index is 13.0. The molecule has 0 unspecified atom stereocenters. The Morgan fingerprint density at radius 3 is 2.26 bits per heavy atom. The first-order chi connectivity index (χ1) is 14.7. The first-order valence-electron chi connectivity index (χ1n) is 10.1. The van der Waals surface area contributed by atoms with E-state index in [1.54, 1.807) is 50.5 Å². The number of amides is 2. The highest BCUT2D eigenvalue weighted by Gasteiger charge is 2.28. The van der Waals surface area contributed by atoms with Crippen LogP contribution >= 0.6 is 0 Å². The van der Waals surface area contributed by atoms with Crippen molar-refractivity contribution in [3.8, 4) is 0 Å². The van der Waals surface area contributed by atoms with E-state index in [0.29, 0.717) is 43.9 Å². The van der Waals surface area contributed by atoms with Crippen LogP contribution in [0.5, 0.6) is 0 Å². The van der Waals surface area contributed by atoms with Gasteiger partial charge < -0.3 is 15.1 Å². The maximum atomic E-state index is 13.0. The van der Waals surface area contributed by atoms with E-state index in [-0.39, 0.29) is 16.7 Å². The summed E-state index contributed by atoms with van der Waals surface area (Å²) in [5.74, 6) is -0.444. The van der Waals surface area contributed by atoms with Crippen LogP contribution in [0.2, 0.25) is 0 Å². The van der Waals surface area contributed by atoms with Crippen molar-refractivity contribution in [2.45, 2.75) is 11.4 Å². The maximum Gasteiger partial charge on any atom is 0.253 e. The molecular weight excluding hydrogens is 416 g/mol. The first kappa shape index (κ1) is 22.9. The summed E-state index contributed by atoms with van der Waals surface area (Å²) in [6, 6.07) is 13.2. The van der Waals surface area contributed by atoms with Gasteiger partial charge in [0.2, 0.25) is 10.0 Å². The van der Waals surface area contributed by atoms with Gasteiger partial charge in [-0.1, -0.05) is 18.2 Å². The van der Waals surface area contributed by atoms with Crippen LogP contribution in [0.25, 0.3) is 0 Å². The van der Waals surface area contributed by atoms with Crippen molar-refractivity contribution in [2.24, 2.45) is 0 Å². The molecule has 1 saturated heterocycles. The van der Waals surface area contributed by atoms with Crippen molar-refractivity contribution in [1.29, 1.82) is 0 Å². The molecule has 9 heteroatoms. The summed E-state index contributed by atoms with van der Waals surface area (Å²) in [4.78, 5) is 28.3. The monoisotopic (exact) mass is 444 g/mol. The highest BCUT2D eigenvalue weighted by atomic mass is 32.2. The second-order valence-electron chi connectivity index (χ2n) is 7.67. The molecule has 1 fully saturated rings. The molecule has 0 atom stereocenters. The third-order valence-corrected chi connectivity index (χ3v) is 7.29. The number of rotatable bonds is 6. The molecule has 8 nitrogen and oxygen atoms in total. The molecule has 31 heavy (non-hydrogen) atoms. The molecule has 0 radical (unpaired) electrons. The molecule has 3 rings (SSSR count). The van der Waals surface area contributed by atoms with Crippen molar-refractivity contribution in [2.75, 3.05) is 47.3 Å². The molecule has 166 valence electrons. The van der Waals surface area contributed by atoms with E-state index >= 15 is 0 Å². The van der Waals surface area contributed by atoms with Crippen LogP contribution in [-0.4, -0.2) is 81.7 Å². The van der Waals surface area contributed by atoms with Crippen LogP contribution < -0.4 is 5.32 Å². The van der Waals surface area contributed by atoms with Gasteiger partial charge in [0, 0.05) is 57.9 Å². The lowest BCUT2D eigenvalue weighted by atomic mass is 10.1. The van der Waals surface area contributed by atoms with Gasteiger partial charge in [0.1, 0.15) is 0 Å². The van der Waals surface area contributed by atoms with Crippen molar-refractivity contribution in [1.82, 2.24) is 19.4 Å². The number of carbonyl (C=O) groups excluding carboxylic acids is 2. The first-order valence-corrected chi connectivity index (χ1v) is 11.5. The van der Waals surface area contributed by atoms with E-state index in [0.717, 1.165) is 5.56 Å². The Kier molecular flexibility index (Phi) is 7.09. The Morgan fingerprint density at radius 1 is 1.00 bits per heavy atom. The third kappa shape index (κ3) is 5.30. The number of hydrogen-bond donors (Lipinski definition) is 1. The molecular formula is C22H28N4O4S. The lowest BCUT2D eigenvalue weighted by Gasteiger charge is -2.31. The Bertz CT molecular complexity index is 1050. The van der Waals surface area contributed by atoms with Crippen molar-refractivity contribution >= 4 is 21.8 Å². The van der Waals surface area contributed by atoms with Crippen molar-refractivity contribution in [3.05, 3.63) is 65.2 Å². The predicted octanol–water partition coefficient (Wildman–Crippen LogP) is 1.25. The fourth-order valence-electron chi connectivity index (χ4n) is 3.44. The molecule has 0 bridgehead atoms. The summed E-state index contributed by atoms with van der Waals surface area (Å²) >= 11 is 0. The topological polar surface area (TPSA) is 90.0 Å². The molecule has 1 aliphatic heterocycles. The van der Waals surface area contributed by atoms with E-state index < -0.39 is 10.0 Å². The van der Waals surface area contributed by atoms with E-state index in [2.05, 4.69) is 10.2 Å². The normalized spacial score (nSPS) is 15.5. The molecule has 2 amide bonds. The van der Waals surface area contributed by atoms with Crippen LogP contribution in [0, 0.1) is 0 Å². The smallest absolute Gasteiger partial charge is 0.253 e. The fraction of sp³-hybridized carbons (Fsp3) is 0.364. The molecule has 1 aliphatic rings. The second kappa shape index (κ2) is 9.59. The van der Waals surface area contributed by atoms with Gasteiger partial charge in [-0.3, -0.25) is 9.59 Å². The van der Waals surface area contributed by atoms with Gasteiger partial charge >= 0.3 is 0 Å². The second-order valence-corrected chi connectivity index (χ2v) is 9.61. The highest BCUT2D eigenvalue weighted by Crippen LogP contribution is 2.20. The minimum Gasteiger partial charge on any atom is -0.355 e. The Balaban J connectivity index is 1.72. The minimum atomic E-state index is -3.64. The quantitative estimate of drug-likeness (QED) is 0.724. The number of piperazine rings is 1. The molecule has 0 aliphatic carbocycles. The average Bonchev–Trinajstić information content (AvgIpc) is 2.79. The lowest BCUT2D eigenvalue weighted by Crippen LogP contribution is -2.47. The summed E-state index contributed by atoms with van der Waals surface area (Å²) in [5.41, 5.74) is 1.73. The zero-order valence-corrected chi connectivity index (χ0v) is 18.9. The molecule has 2 aromatic carbocycles. The standard InChI is InChI=1S/C22H28N4O4S/c1-23-21(27)18-9-7-17(8-10-18)16-25(3)22(28)19-5-4-6-20(15-19)31(29,30)26-13-11-24(2)12-14-26/h4-10,15H,11-14,16H2,1-3H3,(H,23,27). The van der Waals surface area contributed by atoms with Crippen molar-refractivity contribution in [3.63, 3.8) is 0 Å².